The molecule has 2 aromatic carbocycles. The summed E-state index contributed by atoms with van der Waals surface area (Å²) in [4.78, 5) is 27.3. The number of piperazine rings is 1. The summed E-state index contributed by atoms with van der Waals surface area (Å²) in [5.74, 6) is -0.158. The molecule has 2 heterocycles. The number of benzene rings is 2. The highest BCUT2D eigenvalue weighted by molar-refractivity contribution is 7.89. The molecule has 2 aliphatic heterocycles. The summed E-state index contributed by atoms with van der Waals surface area (Å²) in [6.07, 6.45) is 1.77. The van der Waals surface area contributed by atoms with Crippen molar-refractivity contribution >= 4 is 33.0 Å². The van der Waals surface area contributed by atoms with Crippen LogP contribution in [0.1, 0.15) is 12.8 Å². The Bertz CT molecular complexity index is 1090. The van der Waals surface area contributed by atoms with Crippen molar-refractivity contribution in [2.24, 2.45) is 0 Å². The van der Waals surface area contributed by atoms with Crippen LogP contribution in [-0.2, 0) is 14.8 Å². The van der Waals surface area contributed by atoms with E-state index in [1.54, 1.807) is 24.3 Å². The van der Waals surface area contributed by atoms with E-state index in [4.69, 9.17) is 0 Å². The normalized spacial score (nSPS) is 17.8. The molecule has 2 saturated heterocycles. The van der Waals surface area contributed by atoms with E-state index < -0.39 is 14.9 Å². The quantitative estimate of drug-likeness (QED) is 0.484. The number of carbonyl (C=O) groups is 1. The van der Waals surface area contributed by atoms with Gasteiger partial charge in [0.2, 0.25) is 15.9 Å². The van der Waals surface area contributed by atoms with Crippen LogP contribution in [0.5, 0.6) is 0 Å². The van der Waals surface area contributed by atoms with Crippen LogP contribution in [0.15, 0.2) is 53.4 Å². The maximum atomic E-state index is 12.6. The maximum absolute atomic E-state index is 12.6. The largest absolute Gasteiger partial charge is 0.369 e. The average molecular weight is 474 g/mol. The van der Waals surface area contributed by atoms with E-state index in [-0.39, 0.29) is 23.0 Å². The number of nitrogens with one attached hydrogen (secondary N) is 1. The third kappa shape index (κ3) is 5.49. The van der Waals surface area contributed by atoms with E-state index in [1.807, 2.05) is 4.90 Å². The molecule has 1 amide bonds. The van der Waals surface area contributed by atoms with E-state index in [9.17, 15) is 23.3 Å². The minimum Gasteiger partial charge on any atom is -0.369 e. The molecule has 0 spiro atoms. The van der Waals surface area contributed by atoms with Crippen LogP contribution in [-0.4, -0.2) is 74.3 Å². The first-order chi connectivity index (χ1) is 15.8. The molecule has 11 heteroatoms. The molecule has 0 aliphatic carbocycles. The highest BCUT2D eigenvalue weighted by Crippen LogP contribution is 2.23. The number of carbonyl (C=O) groups excluding carboxylic acids is 1. The molecule has 0 radical (unpaired) electrons. The topological polar surface area (TPSA) is 116 Å². The molecular weight excluding hydrogens is 446 g/mol. The molecule has 4 rings (SSSR count). The van der Waals surface area contributed by atoms with E-state index in [2.05, 4.69) is 10.2 Å². The van der Waals surface area contributed by atoms with Gasteiger partial charge in [0, 0.05) is 62.8 Å². The summed E-state index contributed by atoms with van der Waals surface area (Å²) in [6.45, 7) is 4.16. The number of rotatable bonds is 7. The van der Waals surface area contributed by atoms with Gasteiger partial charge in [0.25, 0.3) is 5.69 Å². The zero-order valence-corrected chi connectivity index (χ0v) is 19.0. The molecule has 2 aliphatic rings. The smallest absolute Gasteiger partial charge is 0.269 e. The predicted molar refractivity (Wildman–Crippen MR) is 125 cm³/mol. The van der Waals surface area contributed by atoms with E-state index in [1.165, 1.54) is 28.6 Å². The average Bonchev–Trinajstić information content (AvgIpc) is 3.36. The van der Waals surface area contributed by atoms with Gasteiger partial charge in [0.1, 0.15) is 0 Å². The van der Waals surface area contributed by atoms with Gasteiger partial charge in [-0.2, -0.15) is 4.31 Å². The van der Waals surface area contributed by atoms with Gasteiger partial charge in [-0.25, -0.2) is 8.42 Å². The molecule has 0 atom stereocenters. The Morgan fingerprint density at radius 3 is 2.09 bits per heavy atom. The van der Waals surface area contributed by atoms with Crippen LogP contribution < -0.4 is 10.2 Å². The van der Waals surface area contributed by atoms with Crippen LogP contribution in [0.25, 0.3) is 0 Å². The van der Waals surface area contributed by atoms with Crippen molar-refractivity contribution in [3.05, 3.63) is 58.6 Å². The molecule has 2 aromatic rings. The first-order valence-electron chi connectivity index (χ1n) is 10.9. The number of nitro benzene ring substituents is 1. The molecule has 0 saturated carbocycles. The SMILES string of the molecule is O=C(CN1CCN(c2ccc([N+](=O)[O-])cc2)CC1)Nc1ccc(S(=O)(=O)N2CCCC2)cc1. The van der Waals surface area contributed by atoms with Crippen molar-refractivity contribution in [1.29, 1.82) is 0 Å². The minimum absolute atomic E-state index is 0.0655. The summed E-state index contributed by atoms with van der Waals surface area (Å²) in [5.41, 5.74) is 1.55. The van der Waals surface area contributed by atoms with Crippen LogP contribution >= 0.6 is 0 Å². The fourth-order valence-corrected chi connectivity index (χ4v) is 5.66. The van der Waals surface area contributed by atoms with E-state index in [0.29, 0.717) is 45.0 Å². The Balaban J connectivity index is 1.26. The van der Waals surface area contributed by atoms with E-state index in [0.717, 1.165) is 18.5 Å². The Morgan fingerprint density at radius 2 is 1.52 bits per heavy atom. The summed E-state index contributed by atoms with van der Waals surface area (Å²) in [7, 11) is -3.47. The Kier molecular flexibility index (Phi) is 6.91. The number of hydrogen-bond acceptors (Lipinski definition) is 7. The molecular formula is C22H27N5O5S. The van der Waals surface area contributed by atoms with Crippen molar-refractivity contribution in [3.8, 4) is 0 Å². The van der Waals surface area contributed by atoms with Gasteiger partial charge < -0.3 is 10.2 Å². The monoisotopic (exact) mass is 473 g/mol. The second-order valence-electron chi connectivity index (χ2n) is 8.22. The molecule has 0 aromatic heterocycles. The zero-order chi connectivity index (χ0) is 23.4. The number of hydrogen-bond donors (Lipinski definition) is 1. The lowest BCUT2D eigenvalue weighted by Gasteiger charge is -2.35. The fourth-order valence-electron chi connectivity index (χ4n) is 4.14. The lowest BCUT2D eigenvalue weighted by molar-refractivity contribution is -0.384. The molecule has 2 fully saturated rings. The van der Waals surface area contributed by atoms with Crippen molar-refractivity contribution in [2.45, 2.75) is 17.7 Å². The van der Waals surface area contributed by atoms with Crippen LogP contribution in [0.3, 0.4) is 0 Å². The standard InChI is InChI=1S/C22H27N5O5S/c28-22(23-18-3-9-21(10-4-18)33(31,32)26-11-1-2-12-26)17-24-13-15-25(16-14-24)19-5-7-20(8-6-19)27(29)30/h3-10H,1-2,11-17H2,(H,23,28). The van der Waals surface area contributed by atoms with Crippen molar-refractivity contribution in [2.75, 3.05) is 56.0 Å². The van der Waals surface area contributed by atoms with Crippen LogP contribution in [0.2, 0.25) is 0 Å². The highest BCUT2D eigenvalue weighted by atomic mass is 32.2. The number of sulfonamides is 1. The van der Waals surface area contributed by atoms with Gasteiger partial charge in [-0.1, -0.05) is 0 Å². The van der Waals surface area contributed by atoms with Gasteiger partial charge in [0.15, 0.2) is 0 Å². The molecule has 1 N–H and O–H groups in total. The summed E-state index contributed by atoms with van der Waals surface area (Å²) >= 11 is 0. The maximum Gasteiger partial charge on any atom is 0.269 e. The molecule has 33 heavy (non-hydrogen) atoms. The second-order valence-corrected chi connectivity index (χ2v) is 10.2. The Hall–Kier alpha value is -3.02. The Morgan fingerprint density at radius 1 is 0.909 bits per heavy atom. The van der Waals surface area contributed by atoms with Crippen molar-refractivity contribution in [1.82, 2.24) is 9.21 Å². The molecule has 10 nitrogen and oxygen atoms in total. The van der Waals surface area contributed by atoms with Gasteiger partial charge in [0.05, 0.1) is 16.4 Å². The van der Waals surface area contributed by atoms with Crippen molar-refractivity contribution < 1.29 is 18.1 Å². The van der Waals surface area contributed by atoms with Gasteiger partial charge in [-0.05, 0) is 49.2 Å². The third-order valence-electron chi connectivity index (χ3n) is 6.01. The number of nitrogens with zero attached hydrogens (tertiary/aromatic N) is 4. The van der Waals surface area contributed by atoms with Crippen molar-refractivity contribution in [3.63, 3.8) is 0 Å². The summed E-state index contributed by atoms with van der Waals surface area (Å²) in [6, 6.07) is 12.8. The molecule has 0 bridgehead atoms. The van der Waals surface area contributed by atoms with Crippen LogP contribution in [0.4, 0.5) is 17.1 Å². The first kappa shape index (κ1) is 23.1. The fraction of sp³-hybridized carbons (Fsp3) is 0.409. The summed E-state index contributed by atoms with van der Waals surface area (Å²) in [5, 5.41) is 13.6. The lowest BCUT2D eigenvalue weighted by Crippen LogP contribution is -2.48. The lowest BCUT2D eigenvalue weighted by atomic mass is 10.2. The van der Waals surface area contributed by atoms with Gasteiger partial charge >= 0.3 is 0 Å². The first-order valence-corrected chi connectivity index (χ1v) is 12.4. The number of amides is 1. The minimum atomic E-state index is -3.47. The van der Waals surface area contributed by atoms with E-state index >= 15 is 0 Å². The summed E-state index contributed by atoms with van der Waals surface area (Å²) < 4.78 is 26.7. The number of non-ortho nitro benzene ring substituents is 1. The Labute approximate surface area is 193 Å². The van der Waals surface area contributed by atoms with Gasteiger partial charge in [-0.3, -0.25) is 19.8 Å². The van der Waals surface area contributed by atoms with Gasteiger partial charge in [-0.15, -0.1) is 0 Å². The third-order valence-corrected chi connectivity index (χ3v) is 7.92. The second kappa shape index (κ2) is 9.86. The highest BCUT2D eigenvalue weighted by Gasteiger charge is 2.27. The predicted octanol–water partition coefficient (Wildman–Crippen LogP) is 2.14. The molecule has 0 unspecified atom stereocenters. The molecule has 176 valence electrons. The van der Waals surface area contributed by atoms with Crippen LogP contribution in [0, 0.1) is 10.1 Å². The number of anilines is 2. The number of nitro groups is 1. The zero-order valence-electron chi connectivity index (χ0n) is 18.2.